The summed E-state index contributed by atoms with van der Waals surface area (Å²) in [5.74, 6) is -4.62. The molecule has 0 aliphatic carbocycles. The van der Waals surface area contributed by atoms with Crippen molar-refractivity contribution in [2.24, 2.45) is 17.6 Å². The zero-order valence-electron chi connectivity index (χ0n) is 28.3. The fourth-order valence-corrected chi connectivity index (χ4v) is 5.73. The van der Waals surface area contributed by atoms with E-state index in [4.69, 9.17) is 10.8 Å². The predicted molar refractivity (Wildman–Crippen MR) is 185 cm³/mol. The molecule has 3 amide bonds. The molecule has 1 aromatic heterocycles. The molecule has 0 spiro atoms. The smallest absolute Gasteiger partial charge is 0.310 e. The molecule has 1 unspecified atom stereocenters. The van der Waals surface area contributed by atoms with Crippen LogP contribution >= 0.6 is 11.3 Å². The number of amides is 3. The number of carbonyl (C=O) groups is 5. The summed E-state index contributed by atoms with van der Waals surface area (Å²) in [6, 6.07) is 6.71. The highest BCUT2D eigenvalue weighted by atomic mass is 32.1. The quantitative estimate of drug-likeness (QED) is 0.0958. The Bertz CT molecular complexity index is 1340. The molecule has 2 rings (SSSR count). The summed E-state index contributed by atoms with van der Waals surface area (Å²) in [6.07, 6.45) is -0.243. The summed E-state index contributed by atoms with van der Waals surface area (Å²) in [5, 5.41) is 42.8. The van der Waals surface area contributed by atoms with E-state index in [-0.39, 0.29) is 37.6 Å². The second kappa shape index (κ2) is 19.7. The number of hydrogen-bond donors (Lipinski definition) is 8. The van der Waals surface area contributed by atoms with Gasteiger partial charge in [0.25, 0.3) is 0 Å². The van der Waals surface area contributed by atoms with E-state index in [0.717, 1.165) is 4.88 Å². The minimum absolute atomic E-state index is 0.0942. The third-order valence-electron chi connectivity index (χ3n) is 8.23. The van der Waals surface area contributed by atoms with Crippen molar-refractivity contribution in [1.82, 2.24) is 16.0 Å². The normalized spacial score (nSPS) is 15.7. The number of nitrogens with one attached hydrogen (secondary N) is 4. The highest BCUT2D eigenvalue weighted by Crippen LogP contribution is 2.19. The zero-order valence-corrected chi connectivity index (χ0v) is 29.1. The molecule has 7 atom stereocenters. The number of carboxylic acids is 2. The van der Waals surface area contributed by atoms with E-state index in [1.165, 1.54) is 11.3 Å². The molecule has 48 heavy (non-hydrogen) atoms. The van der Waals surface area contributed by atoms with Crippen LogP contribution in [0.3, 0.4) is 0 Å². The highest BCUT2D eigenvalue weighted by molar-refractivity contribution is 7.09. The first-order valence-electron chi connectivity index (χ1n) is 16.3. The molecule has 2 aromatic rings. The molecule has 9 N–H and O–H groups in total. The van der Waals surface area contributed by atoms with E-state index in [0.29, 0.717) is 24.1 Å². The number of hydrogen-bond acceptors (Lipinski definition) is 9. The standard InChI is InChI=1S/C34H51N5O8S/c1-6-20(4)30(39-31(43)25(35)13-14-29(41)42)33(45)38-27(17-24-8-7-15-48-24)32(44)37-26(16-19(2)3)28(40)18-36-23-11-9-22(10-12-23)21(5)34(46)47/h7-12,15,19-21,25-28,30,36,40H,6,13-14,16-18,35H2,1-5H3,(H,37,44)(H,38,45)(H,39,43)(H,41,42)(H,46,47)/t20-,21?,25-,26-,27-,28+,30-/m0/s1. The van der Waals surface area contributed by atoms with Crippen LogP contribution in [-0.4, -0.2) is 81.8 Å². The van der Waals surface area contributed by atoms with E-state index in [2.05, 4.69) is 21.3 Å². The van der Waals surface area contributed by atoms with E-state index in [1.54, 1.807) is 38.1 Å². The number of aliphatic carboxylic acids is 2. The van der Waals surface area contributed by atoms with Crippen LogP contribution in [0.15, 0.2) is 41.8 Å². The Labute approximate surface area is 286 Å². The molecule has 0 bridgehead atoms. The molecule has 0 radical (unpaired) electrons. The molecule has 0 saturated carbocycles. The number of aliphatic hydroxyl groups is 1. The minimum Gasteiger partial charge on any atom is -0.481 e. The van der Waals surface area contributed by atoms with Crippen molar-refractivity contribution in [3.8, 4) is 0 Å². The van der Waals surface area contributed by atoms with Gasteiger partial charge in [-0.2, -0.15) is 0 Å². The molecule has 1 heterocycles. The van der Waals surface area contributed by atoms with E-state index < -0.39 is 65.8 Å². The molecule has 13 nitrogen and oxygen atoms in total. The highest BCUT2D eigenvalue weighted by Gasteiger charge is 2.33. The average Bonchev–Trinajstić information content (AvgIpc) is 3.56. The van der Waals surface area contributed by atoms with Gasteiger partial charge >= 0.3 is 11.9 Å². The van der Waals surface area contributed by atoms with Gasteiger partial charge in [-0.3, -0.25) is 24.0 Å². The molecular formula is C34H51N5O8S. The van der Waals surface area contributed by atoms with Crippen molar-refractivity contribution in [2.75, 3.05) is 11.9 Å². The Hall–Kier alpha value is -4.01. The summed E-state index contributed by atoms with van der Waals surface area (Å²) in [7, 11) is 0. The number of nitrogens with two attached hydrogens (primary N) is 1. The lowest BCUT2D eigenvalue weighted by Gasteiger charge is -2.30. The fraction of sp³-hybridized carbons (Fsp3) is 0.559. The maximum absolute atomic E-state index is 13.8. The number of rotatable bonds is 21. The second-order valence-electron chi connectivity index (χ2n) is 12.6. The summed E-state index contributed by atoms with van der Waals surface area (Å²) in [4.78, 5) is 63.3. The first-order chi connectivity index (χ1) is 22.6. The van der Waals surface area contributed by atoms with E-state index in [9.17, 15) is 34.2 Å². The topological polar surface area (TPSA) is 220 Å². The summed E-state index contributed by atoms with van der Waals surface area (Å²) in [6.45, 7) is 9.26. The number of carboxylic acid groups (broad SMARTS) is 2. The number of benzene rings is 1. The van der Waals surface area contributed by atoms with Gasteiger partial charge in [0.05, 0.1) is 24.1 Å². The average molecular weight is 690 g/mol. The Kier molecular flexibility index (Phi) is 16.5. The maximum Gasteiger partial charge on any atom is 0.310 e. The van der Waals surface area contributed by atoms with Crippen molar-refractivity contribution in [3.63, 3.8) is 0 Å². The summed E-state index contributed by atoms with van der Waals surface area (Å²) >= 11 is 1.43. The zero-order chi connectivity index (χ0) is 36.0. The van der Waals surface area contributed by atoms with Crippen molar-refractivity contribution < 1.29 is 39.3 Å². The van der Waals surface area contributed by atoms with Gasteiger partial charge in [0.15, 0.2) is 0 Å². The lowest BCUT2D eigenvalue weighted by molar-refractivity contribution is -0.139. The van der Waals surface area contributed by atoms with Crippen LogP contribution in [0.5, 0.6) is 0 Å². The lowest BCUT2D eigenvalue weighted by atomic mass is 9.96. The second-order valence-corrected chi connectivity index (χ2v) is 13.7. The number of aliphatic hydroxyl groups excluding tert-OH is 1. The minimum atomic E-state index is -1.12. The summed E-state index contributed by atoms with van der Waals surface area (Å²) < 4.78 is 0. The third-order valence-corrected chi connectivity index (χ3v) is 9.13. The Morgan fingerprint density at radius 2 is 1.56 bits per heavy atom. The van der Waals surface area contributed by atoms with Gasteiger partial charge < -0.3 is 42.3 Å². The van der Waals surface area contributed by atoms with Crippen molar-refractivity contribution in [1.29, 1.82) is 0 Å². The van der Waals surface area contributed by atoms with Crippen LogP contribution in [0.25, 0.3) is 0 Å². The molecule has 14 heteroatoms. The molecule has 0 aliphatic heterocycles. The van der Waals surface area contributed by atoms with E-state index in [1.807, 2.05) is 38.3 Å². The van der Waals surface area contributed by atoms with Crippen LogP contribution in [0.1, 0.15) is 76.7 Å². The predicted octanol–water partition coefficient (Wildman–Crippen LogP) is 2.69. The summed E-state index contributed by atoms with van der Waals surface area (Å²) in [5.41, 5.74) is 7.21. The first kappa shape index (κ1) is 40.2. The van der Waals surface area contributed by atoms with Gasteiger partial charge in [-0.25, -0.2) is 0 Å². The number of carbonyl (C=O) groups excluding carboxylic acids is 3. The fourth-order valence-electron chi connectivity index (χ4n) is 4.97. The van der Waals surface area contributed by atoms with Crippen molar-refractivity contribution in [3.05, 3.63) is 52.2 Å². The van der Waals surface area contributed by atoms with Gasteiger partial charge in [0, 0.05) is 30.0 Å². The Morgan fingerprint density at radius 3 is 2.10 bits per heavy atom. The van der Waals surface area contributed by atoms with Crippen molar-refractivity contribution in [2.45, 2.75) is 103 Å². The third kappa shape index (κ3) is 13.2. The molecule has 1 aromatic carbocycles. The van der Waals surface area contributed by atoms with Gasteiger partial charge in [0.2, 0.25) is 17.7 Å². The molecule has 266 valence electrons. The van der Waals surface area contributed by atoms with Crippen LogP contribution in [0.4, 0.5) is 5.69 Å². The van der Waals surface area contributed by atoms with Gasteiger partial charge in [0.1, 0.15) is 12.1 Å². The monoisotopic (exact) mass is 689 g/mol. The van der Waals surface area contributed by atoms with Crippen LogP contribution < -0.4 is 27.0 Å². The Morgan fingerprint density at radius 1 is 0.896 bits per heavy atom. The maximum atomic E-state index is 13.8. The van der Waals surface area contributed by atoms with Crippen molar-refractivity contribution >= 4 is 46.7 Å². The lowest BCUT2D eigenvalue weighted by Crippen LogP contribution is -2.59. The largest absolute Gasteiger partial charge is 0.481 e. The van der Waals surface area contributed by atoms with Gasteiger partial charge in [-0.05, 0) is 60.7 Å². The molecular weight excluding hydrogens is 638 g/mol. The van der Waals surface area contributed by atoms with Crippen LogP contribution in [0, 0.1) is 11.8 Å². The molecule has 0 saturated heterocycles. The van der Waals surface area contributed by atoms with E-state index >= 15 is 0 Å². The van der Waals surface area contributed by atoms with Crippen LogP contribution in [-0.2, 0) is 30.4 Å². The Balaban J connectivity index is 2.20. The van der Waals surface area contributed by atoms with Gasteiger partial charge in [-0.1, -0.05) is 52.3 Å². The first-order valence-corrected chi connectivity index (χ1v) is 17.2. The molecule has 0 aliphatic rings. The number of thiophene rings is 1. The number of anilines is 1. The van der Waals surface area contributed by atoms with Gasteiger partial charge in [-0.15, -0.1) is 11.3 Å². The molecule has 0 fully saturated rings. The SMILES string of the molecule is CC[C@H](C)[C@H](NC(=O)[C@@H](N)CCC(=O)O)C(=O)N[C@@H](Cc1cccs1)C(=O)N[C@@H](CC(C)C)[C@H](O)CNc1ccc(C(C)C(=O)O)cc1. The van der Waals surface area contributed by atoms with Crippen LogP contribution in [0.2, 0.25) is 0 Å².